The number of aromatic nitrogens is 4. The first-order valence-electron chi connectivity index (χ1n) is 6.41. The molecule has 0 spiro atoms. The van der Waals surface area contributed by atoms with Crippen molar-refractivity contribution in [1.82, 2.24) is 19.6 Å². The van der Waals surface area contributed by atoms with Crippen molar-refractivity contribution in [2.45, 2.75) is 55.4 Å². The molecule has 2 heterocycles. The lowest BCUT2D eigenvalue weighted by molar-refractivity contribution is 0.855. The molecule has 4 nitrogen and oxygen atoms in total. The molecular formula is C13H26N4. The first kappa shape index (κ1) is 17.9. The van der Waals surface area contributed by atoms with Crippen molar-refractivity contribution in [1.29, 1.82) is 0 Å². The molecule has 0 saturated heterocycles. The average Bonchev–Trinajstić information content (AvgIpc) is 2.80. The van der Waals surface area contributed by atoms with Gasteiger partial charge in [0.2, 0.25) is 0 Å². The molecule has 0 aliphatic heterocycles. The summed E-state index contributed by atoms with van der Waals surface area (Å²) in [5, 5.41) is 4.04. The molecule has 2 rings (SSSR count). The van der Waals surface area contributed by atoms with Gasteiger partial charge in [-0.3, -0.25) is 0 Å². The van der Waals surface area contributed by atoms with Crippen LogP contribution in [0.1, 0.15) is 52.9 Å². The molecule has 0 atom stereocenters. The molecule has 98 valence electrons. The van der Waals surface area contributed by atoms with Crippen molar-refractivity contribution in [2.24, 2.45) is 0 Å². The number of hydrogen-bond acceptors (Lipinski definition) is 3. The van der Waals surface area contributed by atoms with Gasteiger partial charge in [0.05, 0.1) is 17.6 Å². The largest absolute Gasteiger partial charge is 0.236 e. The molecule has 0 radical (unpaired) electrons. The van der Waals surface area contributed by atoms with Crippen molar-refractivity contribution in [2.75, 3.05) is 0 Å². The molecule has 4 heteroatoms. The number of rotatable bonds is 0. The average molecular weight is 238 g/mol. The number of hydrogen-bond donors (Lipinski definition) is 0. The van der Waals surface area contributed by atoms with Crippen LogP contribution >= 0.6 is 0 Å². The van der Waals surface area contributed by atoms with Gasteiger partial charge in [-0.25, -0.2) is 14.5 Å². The number of imidazole rings is 1. The zero-order valence-corrected chi connectivity index (χ0v) is 12.4. The predicted molar refractivity (Wildman–Crippen MR) is 74.3 cm³/mol. The molecule has 0 bridgehead atoms. The molecule has 0 unspecified atom stereocenters. The van der Waals surface area contributed by atoms with Gasteiger partial charge >= 0.3 is 0 Å². The summed E-state index contributed by atoms with van der Waals surface area (Å²) < 4.78 is 1.78. The van der Waals surface area contributed by atoms with E-state index in [9.17, 15) is 0 Å². The van der Waals surface area contributed by atoms with Gasteiger partial charge in [0.15, 0.2) is 5.65 Å². The molecular weight excluding hydrogens is 212 g/mol. The standard InChI is InChI=1S/C7H8N4.3C2H6/c1-5-3-8-7-6(2)9-4-10-11(5)7;3*1-2/h3-4H,1-2H3;3*1-2H3. The van der Waals surface area contributed by atoms with E-state index in [2.05, 4.69) is 15.1 Å². The highest BCUT2D eigenvalue weighted by molar-refractivity contribution is 5.42. The Morgan fingerprint density at radius 3 is 1.88 bits per heavy atom. The molecule has 2 aromatic heterocycles. The van der Waals surface area contributed by atoms with Gasteiger partial charge in [-0.2, -0.15) is 5.10 Å². The molecule has 0 amide bonds. The first-order valence-corrected chi connectivity index (χ1v) is 6.41. The zero-order valence-electron chi connectivity index (χ0n) is 12.4. The van der Waals surface area contributed by atoms with Gasteiger partial charge in [-0.15, -0.1) is 0 Å². The Labute approximate surface area is 105 Å². The van der Waals surface area contributed by atoms with Crippen molar-refractivity contribution < 1.29 is 0 Å². The quantitative estimate of drug-likeness (QED) is 0.700. The van der Waals surface area contributed by atoms with Gasteiger partial charge < -0.3 is 0 Å². The van der Waals surface area contributed by atoms with Crippen molar-refractivity contribution in [3.8, 4) is 0 Å². The molecule has 0 aromatic carbocycles. The topological polar surface area (TPSA) is 43.1 Å². The second kappa shape index (κ2) is 11.0. The number of aryl methyl sites for hydroxylation is 2. The van der Waals surface area contributed by atoms with E-state index in [0.29, 0.717) is 0 Å². The van der Waals surface area contributed by atoms with Crippen LogP contribution in [0.5, 0.6) is 0 Å². The smallest absolute Gasteiger partial charge is 0.175 e. The molecule has 17 heavy (non-hydrogen) atoms. The van der Waals surface area contributed by atoms with Crippen molar-refractivity contribution in [3.05, 3.63) is 23.9 Å². The SMILES string of the molecule is CC.CC.CC.Cc1ncnn2c(C)cnc12. The highest BCUT2D eigenvalue weighted by Gasteiger charge is 2.01. The van der Waals surface area contributed by atoms with Gasteiger partial charge in [-0.05, 0) is 13.8 Å². The van der Waals surface area contributed by atoms with Crippen molar-refractivity contribution in [3.63, 3.8) is 0 Å². The molecule has 2 aromatic rings. The Kier molecular flexibility index (Phi) is 11.7. The normalized spacial score (nSPS) is 8.00. The van der Waals surface area contributed by atoms with E-state index < -0.39 is 0 Å². The van der Waals surface area contributed by atoms with Crippen LogP contribution in [0.4, 0.5) is 0 Å². The van der Waals surface area contributed by atoms with Gasteiger partial charge in [-0.1, -0.05) is 41.5 Å². The third-order valence-electron chi connectivity index (χ3n) is 1.65. The summed E-state index contributed by atoms with van der Waals surface area (Å²) in [4.78, 5) is 8.18. The minimum atomic E-state index is 0.838. The zero-order chi connectivity index (χ0) is 13.8. The summed E-state index contributed by atoms with van der Waals surface area (Å²) >= 11 is 0. The van der Waals surface area contributed by atoms with Gasteiger partial charge in [0, 0.05) is 0 Å². The maximum Gasteiger partial charge on any atom is 0.175 e. The summed E-state index contributed by atoms with van der Waals surface area (Å²) in [6.07, 6.45) is 3.33. The highest BCUT2D eigenvalue weighted by atomic mass is 15.3. The second-order valence-electron chi connectivity index (χ2n) is 2.48. The van der Waals surface area contributed by atoms with E-state index in [0.717, 1.165) is 17.0 Å². The van der Waals surface area contributed by atoms with E-state index in [1.165, 1.54) is 6.33 Å². The van der Waals surface area contributed by atoms with Crippen LogP contribution < -0.4 is 0 Å². The summed E-state index contributed by atoms with van der Waals surface area (Å²) in [6.45, 7) is 15.9. The fraction of sp³-hybridized carbons (Fsp3) is 0.615. The molecule has 0 aliphatic carbocycles. The van der Waals surface area contributed by atoms with Crippen molar-refractivity contribution >= 4 is 5.65 Å². The lowest BCUT2D eigenvalue weighted by atomic mass is 10.5. The number of fused-ring (bicyclic) bond motifs is 1. The van der Waals surface area contributed by atoms with Crippen LogP contribution in [0, 0.1) is 13.8 Å². The maximum absolute atomic E-state index is 4.16. The minimum absolute atomic E-state index is 0.838. The van der Waals surface area contributed by atoms with Crippen LogP contribution in [-0.2, 0) is 0 Å². The molecule has 0 fully saturated rings. The van der Waals surface area contributed by atoms with E-state index in [-0.39, 0.29) is 0 Å². The lowest BCUT2D eigenvalue weighted by Crippen LogP contribution is -1.96. The molecule has 0 aliphatic rings. The van der Waals surface area contributed by atoms with Crippen LogP contribution in [-0.4, -0.2) is 19.6 Å². The Bertz CT molecular complexity index is 393. The summed E-state index contributed by atoms with van der Waals surface area (Å²) in [6, 6.07) is 0. The Hall–Kier alpha value is -1.45. The third-order valence-corrected chi connectivity index (χ3v) is 1.65. The Morgan fingerprint density at radius 1 is 0.882 bits per heavy atom. The van der Waals surface area contributed by atoms with E-state index in [4.69, 9.17) is 0 Å². The highest BCUT2D eigenvalue weighted by Crippen LogP contribution is 2.04. The summed E-state index contributed by atoms with van der Waals surface area (Å²) in [7, 11) is 0. The maximum atomic E-state index is 4.16. The van der Waals surface area contributed by atoms with Crippen LogP contribution in [0.15, 0.2) is 12.5 Å². The second-order valence-corrected chi connectivity index (χ2v) is 2.48. The lowest BCUT2D eigenvalue weighted by Gasteiger charge is -1.94. The fourth-order valence-electron chi connectivity index (χ4n) is 1.05. The van der Waals surface area contributed by atoms with Crippen LogP contribution in [0.3, 0.4) is 0 Å². The molecule has 0 saturated carbocycles. The predicted octanol–water partition coefficient (Wildman–Crippen LogP) is 3.82. The fourth-order valence-corrected chi connectivity index (χ4v) is 1.05. The van der Waals surface area contributed by atoms with Gasteiger partial charge in [0.1, 0.15) is 6.33 Å². The van der Waals surface area contributed by atoms with Gasteiger partial charge in [0.25, 0.3) is 0 Å². The summed E-state index contributed by atoms with van der Waals surface area (Å²) in [5.74, 6) is 0. The van der Waals surface area contributed by atoms with E-state index in [1.54, 1.807) is 10.7 Å². The number of nitrogens with zero attached hydrogens (tertiary/aromatic N) is 4. The first-order chi connectivity index (χ1) is 8.29. The molecule has 0 N–H and O–H groups in total. The summed E-state index contributed by atoms with van der Waals surface area (Å²) in [5.41, 5.74) is 2.78. The Balaban J connectivity index is 0. The van der Waals surface area contributed by atoms with E-state index in [1.807, 2.05) is 55.4 Å². The van der Waals surface area contributed by atoms with E-state index >= 15 is 0 Å². The minimum Gasteiger partial charge on any atom is -0.236 e. The Morgan fingerprint density at radius 2 is 1.41 bits per heavy atom. The third kappa shape index (κ3) is 4.93. The monoisotopic (exact) mass is 238 g/mol. The van der Waals surface area contributed by atoms with Crippen LogP contribution in [0.25, 0.3) is 5.65 Å². The van der Waals surface area contributed by atoms with Crippen LogP contribution in [0.2, 0.25) is 0 Å².